The summed E-state index contributed by atoms with van der Waals surface area (Å²) in [5.74, 6) is -3.25. The zero-order valence-corrected chi connectivity index (χ0v) is 38.0. The summed E-state index contributed by atoms with van der Waals surface area (Å²) in [6.45, 7) is 15.7. The molecule has 4 bridgehead atoms. The van der Waals surface area contributed by atoms with Crippen LogP contribution in [0.5, 0.6) is 17.2 Å². The van der Waals surface area contributed by atoms with E-state index >= 15 is 4.79 Å². The van der Waals surface area contributed by atoms with E-state index in [2.05, 4.69) is 31.3 Å². The fraction of sp³-hybridized carbons (Fsp3) is 0.471. The summed E-state index contributed by atoms with van der Waals surface area (Å²) in [4.78, 5) is 62.8. The Morgan fingerprint density at radius 2 is 1.73 bits per heavy atom. The van der Waals surface area contributed by atoms with E-state index in [0.29, 0.717) is 81.1 Å². The number of nitrogens with zero attached hydrogens (tertiary/aromatic N) is 1. The van der Waals surface area contributed by atoms with Crippen molar-refractivity contribution in [3.05, 3.63) is 98.7 Å². The molecule has 4 aliphatic heterocycles. The molecular weight excluding hydrogens is 820 g/mol. The number of alkyl halides is 1. The maximum absolute atomic E-state index is 15.8. The van der Waals surface area contributed by atoms with Gasteiger partial charge in [0.1, 0.15) is 23.0 Å². The molecule has 7 atom stereocenters. The number of benzene rings is 2. The summed E-state index contributed by atoms with van der Waals surface area (Å²) in [5, 5.41) is 12.1. The Bertz CT molecular complexity index is 2590. The standard InChI is InChI=1S/C51H55ClN2O9/c1-26(2)12-11-19-49(8)20-18-32-43(61-49)31(16-15-27(3)4)45-38(44(32)60-35(56)25-52)41-39-36(37-40(54-41)29-13-9-10-14-30(29)42(37)57)33-24-34-48(6,7)63-50(46(33)58,51(34,39)62-45)21-17-28(5)47(59)53-22-23-55/h9-10,12-15,17-18,20,33-34,36-37,55H,11,16,19,21-25H2,1-8H3,(H,53,59)/b28-17-. The molecule has 12 heteroatoms. The largest absolute Gasteiger partial charge is 0.482 e. The second-order valence-corrected chi connectivity index (χ2v) is 19.6. The molecule has 4 heterocycles. The van der Waals surface area contributed by atoms with Crippen LogP contribution < -0.4 is 19.5 Å². The lowest BCUT2D eigenvalue weighted by Gasteiger charge is -2.62. The molecule has 8 aliphatic rings. The summed E-state index contributed by atoms with van der Waals surface area (Å²) in [5.41, 5.74) is 2.38. The van der Waals surface area contributed by atoms with Gasteiger partial charge in [0, 0.05) is 58.6 Å². The van der Waals surface area contributed by atoms with Crippen molar-refractivity contribution in [1.29, 1.82) is 0 Å². The fourth-order valence-electron chi connectivity index (χ4n) is 11.6. The van der Waals surface area contributed by atoms with Gasteiger partial charge in [-0.25, -0.2) is 0 Å². The zero-order chi connectivity index (χ0) is 45.0. The Balaban J connectivity index is 1.38. The highest BCUT2D eigenvalue weighted by atomic mass is 35.5. The molecule has 7 unspecified atom stereocenters. The maximum atomic E-state index is 15.8. The third-order valence-electron chi connectivity index (χ3n) is 14.3. The molecule has 10 rings (SSSR count). The normalized spacial score (nSPS) is 29.6. The number of ether oxygens (including phenoxy) is 4. The number of halogens is 1. The average molecular weight is 875 g/mol. The Kier molecular flexibility index (Phi) is 10.5. The van der Waals surface area contributed by atoms with Crippen molar-refractivity contribution >= 4 is 52.5 Å². The van der Waals surface area contributed by atoms with Crippen LogP contribution in [-0.4, -0.2) is 75.7 Å². The number of aliphatic hydroxyl groups is 1. The second kappa shape index (κ2) is 15.3. The van der Waals surface area contributed by atoms with Gasteiger partial charge in [-0.05, 0) is 93.2 Å². The number of carbonyl (C=O) groups is 4. The monoisotopic (exact) mass is 874 g/mol. The summed E-state index contributed by atoms with van der Waals surface area (Å²) in [6, 6.07) is 7.43. The van der Waals surface area contributed by atoms with Crippen molar-refractivity contribution in [3.8, 4) is 17.2 Å². The van der Waals surface area contributed by atoms with Crippen LogP contribution in [-0.2, 0) is 25.5 Å². The topological polar surface area (TPSA) is 150 Å². The number of Topliss-reactive ketones (excluding diaryl/α,β-unsaturated/α-hetero) is 2. The molecule has 3 saturated carbocycles. The van der Waals surface area contributed by atoms with Crippen LogP contribution in [0.25, 0.3) is 11.8 Å². The van der Waals surface area contributed by atoms with Gasteiger partial charge < -0.3 is 29.4 Å². The Morgan fingerprint density at radius 1 is 1.00 bits per heavy atom. The fourth-order valence-corrected chi connectivity index (χ4v) is 11.6. The number of fused-ring (bicyclic) bond motifs is 6. The molecule has 330 valence electrons. The van der Waals surface area contributed by atoms with Gasteiger partial charge in [-0.15, -0.1) is 11.6 Å². The predicted molar refractivity (Wildman–Crippen MR) is 240 cm³/mol. The summed E-state index contributed by atoms with van der Waals surface area (Å²) < 4.78 is 28.4. The lowest BCUT2D eigenvalue weighted by Crippen LogP contribution is -2.75. The van der Waals surface area contributed by atoms with Crippen LogP contribution in [0.3, 0.4) is 0 Å². The number of nitrogens with one attached hydrogen (secondary N) is 1. The van der Waals surface area contributed by atoms with Crippen LogP contribution >= 0.6 is 11.6 Å². The molecule has 4 aliphatic carbocycles. The molecule has 11 nitrogen and oxygen atoms in total. The molecule has 1 spiro atoms. The van der Waals surface area contributed by atoms with Gasteiger partial charge in [0.15, 0.2) is 28.5 Å². The quantitative estimate of drug-likeness (QED) is 0.0707. The minimum absolute atomic E-state index is 0.0150. The van der Waals surface area contributed by atoms with Gasteiger partial charge in [-0.1, -0.05) is 53.6 Å². The van der Waals surface area contributed by atoms with Gasteiger partial charge in [-0.3, -0.25) is 24.2 Å². The van der Waals surface area contributed by atoms with Crippen LogP contribution in [0.15, 0.2) is 75.9 Å². The molecule has 1 saturated heterocycles. The first-order valence-electron chi connectivity index (χ1n) is 22.0. The van der Waals surface area contributed by atoms with Crippen LogP contribution in [0.2, 0.25) is 0 Å². The van der Waals surface area contributed by atoms with E-state index in [-0.39, 0.29) is 42.8 Å². The number of rotatable bonds is 12. The van der Waals surface area contributed by atoms with Crippen LogP contribution in [0.1, 0.15) is 114 Å². The molecule has 2 N–H and O–H groups in total. The highest BCUT2D eigenvalue weighted by Crippen LogP contribution is 2.74. The SMILES string of the molecule is CC(C)=CCCC1(C)C=Cc2c(c(CC=C(C)C)c3c(c2OC(=O)CCl)C2=C4C(C5CC6C(C)(C)OC(C/C=C(/C)C(=O)NCCO)(C5=O)C46O3)C3C(=O)c4ccccc4C3=N2)O1. The molecule has 1 amide bonds. The van der Waals surface area contributed by atoms with Gasteiger partial charge in [0.25, 0.3) is 0 Å². The molecule has 2 aromatic carbocycles. The molecule has 2 aromatic rings. The number of amides is 1. The van der Waals surface area contributed by atoms with Crippen molar-refractivity contribution in [3.63, 3.8) is 0 Å². The van der Waals surface area contributed by atoms with Crippen molar-refractivity contribution < 1.29 is 43.2 Å². The number of hydrogen-bond acceptors (Lipinski definition) is 10. The second-order valence-electron chi connectivity index (χ2n) is 19.3. The van der Waals surface area contributed by atoms with E-state index in [1.807, 2.05) is 71.0 Å². The molecule has 4 fully saturated rings. The smallest absolute Gasteiger partial charge is 0.326 e. The molecule has 63 heavy (non-hydrogen) atoms. The summed E-state index contributed by atoms with van der Waals surface area (Å²) in [6.07, 6.45) is 12.1. The van der Waals surface area contributed by atoms with E-state index in [1.54, 1.807) is 13.0 Å². The first-order chi connectivity index (χ1) is 29.9. The van der Waals surface area contributed by atoms with Gasteiger partial charge in [-0.2, -0.15) is 0 Å². The van der Waals surface area contributed by atoms with Crippen molar-refractivity contribution in [2.24, 2.45) is 28.7 Å². The summed E-state index contributed by atoms with van der Waals surface area (Å²) >= 11 is 6.20. The number of esters is 1. The minimum Gasteiger partial charge on any atom is -0.482 e. The number of hydrogen-bond donors (Lipinski definition) is 2. The number of allylic oxidation sites excluding steroid dienone is 4. The molecule has 0 aromatic heterocycles. The first-order valence-corrected chi connectivity index (χ1v) is 22.6. The number of ketones is 2. The van der Waals surface area contributed by atoms with E-state index in [1.165, 1.54) is 5.57 Å². The van der Waals surface area contributed by atoms with Crippen molar-refractivity contribution in [2.45, 2.75) is 110 Å². The summed E-state index contributed by atoms with van der Waals surface area (Å²) in [7, 11) is 0. The third-order valence-corrected chi connectivity index (χ3v) is 14.5. The Morgan fingerprint density at radius 3 is 2.43 bits per heavy atom. The van der Waals surface area contributed by atoms with Gasteiger partial charge in [0.2, 0.25) is 5.91 Å². The first kappa shape index (κ1) is 43.2. The van der Waals surface area contributed by atoms with E-state index in [4.69, 9.17) is 35.5 Å². The highest BCUT2D eigenvalue weighted by Gasteiger charge is 2.84. The number of carbonyl (C=O) groups excluding carboxylic acids is 4. The zero-order valence-electron chi connectivity index (χ0n) is 37.2. The maximum Gasteiger partial charge on any atom is 0.326 e. The number of aliphatic imine (C=N–C) groups is 1. The van der Waals surface area contributed by atoms with Crippen LogP contribution in [0.4, 0.5) is 0 Å². The van der Waals surface area contributed by atoms with Gasteiger partial charge in [0.05, 0.1) is 40.7 Å². The van der Waals surface area contributed by atoms with E-state index in [9.17, 15) is 19.5 Å². The van der Waals surface area contributed by atoms with Crippen molar-refractivity contribution in [1.82, 2.24) is 5.32 Å². The number of aliphatic hydroxyl groups excluding tert-OH is 1. The highest BCUT2D eigenvalue weighted by molar-refractivity contribution is 6.31. The third kappa shape index (κ3) is 6.31. The Hall–Kier alpha value is -5.10. The average Bonchev–Trinajstić information content (AvgIpc) is 3.60. The van der Waals surface area contributed by atoms with E-state index in [0.717, 1.165) is 12.0 Å². The molecular formula is C51H55ClN2O9. The predicted octanol–water partition coefficient (Wildman–Crippen LogP) is 8.24. The van der Waals surface area contributed by atoms with Crippen molar-refractivity contribution in [2.75, 3.05) is 19.0 Å². The van der Waals surface area contributed by atoms with Gasteiger partial charge >= 0.3 is 5.97 Å². The molecule has 0 radical (unpaired) electrons. The minimum atomic E-state index is -1.66. The lowest BCUT2D eigenvalue weighted by atomic mass is 9.43. The Labute approximate surface area is 373 Å². The van der Waals surface area contributed by atoms with Crippen LogP contribution in [0, 0.1) is 23.7 Å². The lowest BCUT2D eigenvalue weighted by molar-refractivity contribution is -0.182. The van der Waals surface area contributed by atoms with E-state index < -0.39 is 57.9 Å².